The first-order valence-electron chi connectivity index (χ1n) is 15.4. The lowest BCUT2D eigenvalue weighted by atomic mass is 9.61. The average Bonchev–Trinajstić information content (AvgIpc) is 3.18. The molecule has 0 saturated heterocycles. The van der Waals surface area contributed by atoms with Gasteiger partial charge in [0.05, 0.1) is 12.2 Å². The molecule has 3 saturated carbocycles. The van der Waals surface area contributed by atoms with Gasteiger partial charge in [-0.2, -0.15) is 0 Å². The van der Waals surface area contributed by atoms with Crippen LogP contribution >= 0.6 is 0 Å². The lowest BCUT2D eigenvalue weighted by Crippen LogP contribution is -2.38. The molecule has 0 spiro atoms. The number of hydrogen-bond acceptors (Lipinski definition) is 5. The smallest absolute Gasteiger partial charge is 0.306 e. The van der Waals surface area contributed by atoms with E-state index in [1.165, 1.54) is 31.3 Å². The maximum atomic E-state index is 12.1. The minimum atomic E-state index is -0.944. The van der Waals surface area contributed by atoms with Crippen LogP contribution in [0.4, 0.5) is 0 Å². The number of carbonyl (C=O) groups excluding carboxylic acids is 1. The summed E-state index contributed by atoms with van der Waals surface area (Å²) in [5.41, 5.74) is 1.89. The molecule has 3 aliphatic carbocycles. The number of esters is 1. The van der Waals surface area contributed by atoms with Crippen LogP contribution in [-0.2, 0) is 9.53 Å². The third-order valence-corrected chi connectivity index (χ3v) is 9.48. The third kappa shape index (κ3) is 8.34. The second kappa shape index (κ2) is 13.0. The number of hydrogen-bond donors (Lipinski definition) is 3. The number of aliphatic hydroxyl groups excluding tert-OH is 2. The Kier molecular flexibility index (Phi) is 10.6. The molecule has 0 aromatic carbocycles. The van der Waals surface area contributed by atoms with Crippen molar-refractivity contribution in [3.63, 3.8) is 0 Å². The van der Waals surface area contributed by atoms with Crippen LogP contribution in [0.15, 0.2) is 35.5 Å². The molecule has 1 unspecified atom stereocenters. The van der Waals surface area contributed by atoms with Crippen LogP contribution in [0.5, 0.6) is 0 Å². The minimum Gasteiger partial charge on any atom is -0.460 e. The molecule has 5 nitrogen and oxygen atoms in total. The van der Waals surface area contributed by atoms with E-state index in [1.54, 1.807) is 13.8 Å². The Labute approximate surface area is 243 Å². The van der Waals surface area contributed by atoms with Crippen LogP contribution < -0.4 is 0 Å². The van der Waals surface area contributed by atoms with Crippen molar-refractivity contribution in [2.24, 2.45) is 29.1 Å². The molecule has 3 fully saturated rings. The van der Waals surface area contributed by atoms with E-state index in [1.807, 2.05) is 20.8 Å². The van der Waals surface area contributed by atoms with Crippen LogP contribution in [0.2, 0.25) is 0 Å². The van der Waals surface area contributed by atoms with Crippen LogP contribution in [0.1, 0.15) is 113 Å². The zero-order valence-electron chi connectivity index (χ0n) is 26.1. The summed E-state index contributed by atoms with van der Waals surface area (Å²) in [4.78, 5) is 12.1. The van der Waals surface area contributed by atoms with Crippen molar-refractivity contribution < 1.29 is 24.9 Å². The molecule has 0 amide bonds. The van der Waals surface area contributed by atoms with E-state index in [0.717, 1.165) is 18.4 Å². The summed E-state index contributed by atoms with van der Waals surface area (Å²) in [6, 6.07) is 0. The van der Waals surface area contributed by atoms with Crippen molar-refractivity contribution in [2.45, 2.75) is 136 Å². The quantitative estimate of drug-likeness (QED) is 0.242. The summed E-state index contributed by atoms with van der Waals surface area (Å²) in [5, 5.41) is 31.9. The molecule has 5 heteroatoms. The highest BCUT2D eigenvalue weighted by molar-refractivity contribution is 5.69. The molecule has 40 heavy (non-hydrogen) atoms. The third-order valence-electron chi connectivity index (χ3n) is 9.48. The Morgan fingerprint density at radius 3 is 2.55 bits per heavy atom. The van der Waals surface area contributed by atoms with Gasteiger partial charge in [0, 0.05) is 18.8 Å². The van der Waals surface area contributed by atoms with E-state index < -0.39 is 23.4 Å². The molecule has 0 aliphatic heterocycles. The van der Waals surface area contributed by atoms with Gasteiger partial charge in [-0.25, -0.2) is 0 Å². The summed E-state index contributed by atoms with van der Waals surface area (Å²) < 4.78 is 5.38. The summed E-state index contributed by atoms with van der Waals surface area (Å²) in [5.74, 6) is 7.28. The summed E-state index contributed by atoms with van der Waals surface area (Å²) in [7, 11) is 0. The second-order valence-electron chi connectivity index (χ2n) is 14.5. The first-order chi connectivity index (χ1) is 18.5. The number of fused-ring (bicyclic) bond motifs is 1. The van der Waals surface area contributed by atoms with E-state index in [-0.39, 0.29) is 23.7 Å². The first-order valence-corrected chi connectivity index (χ1v) is 15.4. The normalized spacial score (nSPS) is 33.9. The van der Waals surface area contributed by atoms with Crippen LogP contribution in [0.25, 0.3) is 0 Å². The van der Waals surface area contributed by atoms with Gasteiger partial charge in [0.15, 0.2) is 0 Å². The molecule has 3 aliphatic rings. The number of aliphatic hydroxyl groups is 3. The summed E-state index contributed by atoms with van der Waals surface area (Å²) in [6.07, 6.45) is 11.4. The van der Waals surface area contributed by atoms with Gasteiger partial charge in [0.25, 0.3) is 0 Å². The fourth-order valence-corrected chi connectivity index (χ4v) is 7.56. The summed E-state index contributed by atoms with van der Waals surface area (Å²) >= 11 is 0. The molecular formula is C35H54O5. The zero-order valence-corrected chi connectivity index (χ0v) is 26.1. The fraction of sp³-hybridized carbons (Fsp3) is 0.743. The standard InChI is InChI=1S/C35H54O5/c1-23(12-10-20-34(6,7)39)28-18-19-29-25(13-11-21-35(28,29)8)16-17-26-22-30(36)27(32(38)24(26)2)14-9-15-31(37)40-33(3,4)5/h16-17,23,27-30,32,36,38-39H,2,9,11-15,18-19,21-22H2,1,3-8H3/b25-16+,26-17-/t23-,27+,28-,29?,30-,32-,35-/m1/s1. The van der Waals surface area contributed by atoms with Gasteiger partial charge < -0.3 is 20.1 Å². The van der Waals surface area contributed by atoms with Crippen molar-refractivity contribution in [2.75, 3.05) is 0 Å². The molecule has 0 aromatic heterocycles. The van der Waals surface area contributed by atoms with Gasteiger partial charge in [-0.1, -0.05) is 44.1 Å². The molecule has 0 bridgehead atoms. The lowest BCUT2D eigenvalue weighted by molar-refractivity contribution is -0.155. The van der Waals surface area contributed by atoms with Crippen molar-refractivity contribution in [3.8, 4) is 11.8 Å². The van der Waals surface area contributed by atoms with E-state index in [0.29, 0.717) is 42.6 Å². The Hall–Kier alpha value is -1.87. The monoisotopic (exact) mass is 554 g/mol. The largest absolute Gasteiger partial charge is 0.460 e. The van der Waals surface area contributed by atoms with Crippen LogP contribution in [0.3, 0.4) is 0 Å². The predicted octanol–water partition coefficient (Wildman–Crippen LogP) is 6.67. The second-order valence-corrected chi connectivity index (χ2v) is 14.5. The van der Waals surface area contributed by atoms with Gasteiger partial charge in [-0.15, -0.1) is 5.92 Å². The number of carbonyl (C=O) groups is 1. The van der Waals surface area contributed by atoms with Crippen molar-refractivity contribution in [3.05, 3.63) is 35.5 Å². The Bertz CT molecular complexity index is 1040. The Morgan fingerprint density at radius 1 is 1.20 bits per heavy atom. The van der Waals surface area contributed by atoms with Crippen molar-refractivity contribution in [1.82, 2.24) is 0 Å². The number of rotatable bonds is 7. The maximum Gasteiger partial charge on any atom is 0.306 e. The number of allylic oxidation sites excluding steroid dienone is 3. The van der Waals surface area contributed by atoms with Crippen LogP contribution in [0, 0.1) is 40.9 Å². The Balaban J connectivity index is 1.64. The van der Waals surface area contributed by atoms with Crippen LogP contribution in [-0.4, -0.2) is 44.7 Å². The van der Waals surface area contributed by atoms with Gasteiger partial charge in [0.1, 0.15) is 11.2 Å². The lowest BCUT2D eigenvalue weighted by Gasteiger charge is -2.44. The van der Waals surface area contributed by atoms with Gasteiger partial charge in [0.2, 0.25) is 0 Å². The molecule has 0 heterocycles. The zero-order chi connectivity index (χ0) is 29.9. The highest BCUT2D eigenvalue weighted by Gasteiger charge is 2.50. The van der Waals surface area contributed by atoms with E-state index in [9.17, 15) is 20.1 Å². The van der Waals surface area contributed by atoms with E-state index in [4.69, 9.17) is 4.74 Å². The highest BCUT2D eigenvalue weighted by Crippen LogP contribution is 2.59. The first kappa shape index (κ1) is 32.6. The molecule has 3 N–H and O–H groups in total. The van der Waals surface area contributed by atoms with Crippen molar-refractivity contribution in [1.29, 1.82) is 0 Å². The van der Waals surface area contributed by atoms with Crippen molar-refractivity contribution >= 4 is 5.97 Å². The maximum absolute atomic E-state index is 12.1. The highest BCUT2D eigenvalue weighted by atomic mass is 16.6. The molecule has 0 radical (unpaired) electrons. The molecule has 3 rings (SSSR count). The Morgan fingerprint density at radius 2 is 1.90 bits per heavy atom. The minimum absolute atomic E-state index is 0.247. The van der Waals surface area contributed by atoms with Gasteiger partial charge >= 0.3 is 5.97 Å². The summed E-state index contributed by atoms with van der Waals surface area (Å²) in [6.45, 7) is 18.0. The molecule has 0 aromatic rings. The predicted molar refractivity (Wildman–Crippen MR) is 161 cm³/mol. The topological polar surface area (TPSA) is 87.0 Å². The molecular weight excluding hydrogens is 500 g/mol. The number of ether oxygens (including phenoxy) is 1. The SMILES string of the molecule is C=C1/C(=C\C=C2/CCC[C@@]3(C)C2CC[C@@H]3[C@H](C)CC#CC(C)(C)O)C[C@@H](O)[C@H](CCCC(=O)OC(C)(C)C)[C@@H]1O. The van der Waals surface area contributed by atoms with Gasteiger partial charge in [-0.05, 0) is 120 Å². The average molecular weight is 555 g/mol. The molecule has 224 valence electrons. The van der Waals surface area contributed by atoms with E-state index >= 15 is 0 Å². The molecule has 7 atom stereocenters. The fourth-order valence-electron chi connectivity index (χ4n) is 7.56. The van der Waals surface area contributed by atoms with E-state index in [2.05, 4.69) is 44.4 Å². The van der Waals surface area contributed by atoms with Gasteiger partial charge in [-0.3, -0.25) is 4.79 Å².